The van der Waals surface area contributed by atoms with Gasteiger partial charge in [-0.25, -0.2) is 0 Å². The summed E-state index contributed by atoms with van der Waals surface area (Å²) in [5.41, 5.74) is 5.33. The fourth-order valence-corrected chi connectivity index (χ4v) is 4.72. The molecule has 2 unspecified atom stereocenters. The molecule has 0 amide bonds. The quantitative estimate of drug-likeness (QED) is 0.796. The van der Waals surface area contributed by atoms with Gasteiger partial charge in [-0.05, 0) is 80.5 Å². The summed E-state index contributed by atoms with van der Waals surface area (Å²) >= 11 is 0. The van der Waals surface area contributed by atoms with Crippen LogP contribution in [0, 0.1) is 0 Å². The summed E-state index contributed by atoms with van der Waals surface area (Å²) in [7, 11) is 3.43. The topological polar surface area (TPSA) is 21.7 Å². The molecular formula is C23H29NO2. The Morgan fingerprint density at radius 3 is 2.58 bits per heavy atom. The maximum atomic E-state index is 5.58. The predicted molar refractivity (Wildman–Crippen MR) is 106 cm³/mol. The lowest BCUT2D eigenvalue weighted by molar-refractivity contribution is 0.174. The first-order valence-electron chi connectivity index (χ1n) is 9.79. The molecule has 1 aliphatic heterocycles. The molecule has 0 aromatic heterocycles. The second kappa shape index (κ2) is 7.32. The molecule has 2 aromatic rings. The van der Waals surface area contributed by atoms with Crippen molar-refractivity contribution in [2.24, 2.45) is 0 Å². The average molecular weight is 351 g/mol. The van der Waals surface area contributed by atoms with Gasteiger partial charge in [-0.2, -0.15) is 0 Å². The van der Waals surface area contributed by atoms with E-state index in [4.69, 9.17) is 9.47 Å². The summed E-state index contributed by atoms with van der Waals surface area (Å²) in [6.45, 7) is 3.67. The first-order chi connectivity index (χ1) is 12.7. The van der Waals surface area contributed by atoms with E-state index in [1.54, 1.807) is 14.2 Å². The minimum Gasteiger partial charge on any atom is -0.497 e. The molecule has 3 heteroatoms. The number of ether oxygens (including phenoxy) is 2. The van der Waals surface area contributed by atoms with E-state index in [2.05, 4.69) is 36.1 Å². The Bertz CT molecular complexity index is 786. The van der Waals surface area contributed by atoms with Crippen molar-refractivity contribution >= 4 is 0 Å². The average Bonchev–Trinajstić information content (AvgIpc) is 3.12. The standard InChI is InChI=1S/C23H29NO2/c1-16-5-4-12-24(16)20-9-8-17-13-19(7-6-18(17)14-20)22-15-21(25-2)10-11-23(22)26-3/h6-7,10-11,13,15-16,20H,4-5,8-9,12,14H2,1-3H3. The SMILES string of the molecule is COc1ccc(OC)c(-c2ccc3c(c2)CCC(N2CCCC2C)C3)c1. The molecular weight excluding hydrogens is 322 g/mol. The van der Waals surface area contributed by atoms with Crippen molar-refractivity contribution in [3.8, 4) is 22.6 Å². The van der Waals surface area contributed by atoms with Crippen LogP contribution in [0.4, 0.5) is 0 Å². The molecule has 1 heterocycles. The number of fused-ring (bicyclic) bond motifs is 1. The van der Waals surface area contributed by atoms with Gasteiger partial charge >= 0.3 is 0 Å². The second-order valence-corrected chi connectivity index (χ2v) is 7.68. The third-order valence-corrected chi connectivity index (χ3v) is 6.20. The molecule has 138 valence electrons. The molecule has 0 bridgehead atoms. The van der Waals surface area contributed by atoms with Crippen molar-refractivity contribution in [3.63, 3.8) is 0 Å². The van der Waals surface area contributed by atoms with Crippen molar-refractivity contribution in [1.82, 2.24) is 4.90 Å². The van der Waals surface area contributed by atoms with Gasteiger partial charge in [-0.15, -0.1) is 0 Å². The van der Waals surface area contributed by atoms with Crippen LogP contribution in [0.2, 0.25) is 0 Å². The molecule has 2 aromatic carbocycles. The van der Waals surface area contributed by atoms with E-state index in [0.717, 1.165) is 29.1 Å². The van der Waals surface area contributed by atoms with E-state index in [9.17, 15) is 0 Å². The highest BCUT2D eigenvalue weighted by molar-refractivity contribution is 5.73. The summed E-state index contributed by atoms with van der Waals surface area (Å²) in [6, 6.07) is 14.4. The van der Waals surface area contributed by atoms with Gasteiger partial charge in [0.05, 0.1) is 14.2 Å². The molecule has 26 heavy (non-hydrogen) atoms. The van der Waals surface area contributed by atoms with Crippen LogP contribution in [0.15, 0.2) is 36.4 Å². The van der Waals surface area contributed by atoms with Gasteiger partial charge in [-0.1, -0.05) is 18.2 Å². The summed E-state index contributed by atoms with van der Waals surface area (Å²) in [4.78, 5) is 2.74. The Kier molecular flexibility index (Phi) is 4.90. The predicted octanol–water partition coefficient (Wildman–Crippen LogP) is 4.71. The minimum absolute atomic E-state index is 0.720. The van der Waals surface area contributed by atoms with Gasteiger partial charge in [0, 0.05) is 17.6 Å². The lowest BCUT2D eigenvalue weighted by Gasteiger charge is -2.35. The Labute approximate surface area is 156 Å². The van der Waals surface area contributed by atoms with Crippen LogP contribution >= 0.6 is 0 Å². The Morgan fingerprint density at radius 2 is 1.85 bits per heavy atom. The Balaban J connectivity index is 1.61. The van der Waals surface area contributed by atoms with E-state index in [-0.39, 0.29) is 0 Å². The van der Waals surface area contributed by atoms with Crippen LogP contribution in [0.5, 0.6) is 11.5 Å². The van der Waals surface area contributed by atoms with Crippen LogP contribution in [0.25, 0.3) is 11.1 Å². The Morgan fingerprint density at radius 1 is 0.962 bits per heavy atom. The van der Waals surface area contributed by atoms with E-state index in [1.165, 1.54) is 55.3 Å². The number of likely N-dealkylation sites (tertiary alicyclic amines) is 1. The number of nitrogens with zero attached hydrogens (tertiary/aromatic N) is 1. The number of benzene rings is 2. The summed E-state index contributed by atoms with van der Waals surface area (Å²) in [5, 5.41) is 0. The zero-order chi connectivity index (χ0) is 18.1. The van der Waals surface area contributed by atoms with Gasteiger partial charge in [0.1, 0.15) is 11.5 Å². The lowest BCUT2D eigenvalue weighted by atomic mass is 9.85. The Hall–Kier alpha value is -2.00. The fourth-order valence-electron chi connectivity index (χ4n) is 4.72. The molecule has 1 fully saturated rings. The van der Waals surface area contributed by atoms with Crippen LogP contribution in [0.3, 0.4) is 0 Å². The molecule has 2 atom stereocenters. The number of hydrogen-bond acceptors (Lipinski definition) is 3. The minimum atomic E-state index is 0.720. The molecule has 0 saturated carbocycles. The molecule has 1 saturated heterocycles. The summed E-state index contributed by atoms with van der Waals surface area (Å²) in [6.07, 6.45) is 6.35. The van der Waals surface area contributed by atoms with Gasteiger partial charge in [0.25, 0.3) is 0 Å². The third kappa shape index (κ3) is 3.21. The maximum absolute atomic E-state index is 5.58. The summed E-state index contributed by atoms with van der Waals surface area (Å²) < 4.78 is 11.0. The number of methoxy groups -OCH3 is 2. The van der Waals surface area contributed by atoms with E-state index in [1.807, 2.05) is 12.1 Å². The number of aryl methyl sites for hydroxylation is 1. The monoisotopic (exact) mass is 351 g/mol. The van der Waals surface area contributed by atoms with Crippen LogP contribution < -0.4 is 9.47 Å². The number of hydrogen-bond donors (Lipinski definition) is 0. The normalized spacial score (nSPS) is 22.9. The van der Waals surface area contributed by atoms with Gasteiger partial charge in [0.15, 0.2) is 0 Å². The zero-order valence-electron chi connectivity index (χ0n) is 16.1. The molecule has 4 rings (SSSR count). The molecule has 2 aliphatic rings. The van der Waals surface area contributed by atoms with E-state index < -0.39 is 0 Å². The lowest BCUT2D eigenvalue weighted by Crippen LogP contribution is -2.41. The van der Waals surface area contributed by atoms with Crippen LogP contribution in [-0.4, -0.2) is 37.7 Å². The largest absolute Gasteiger partial charge is 0.497 e. The third-order valence-electron chi connectivity index (χ3n) is 6.20. The first-order valence-corrected chi connectivity index (χ1v) is 9.79. The molecule has 1 aliphatic carbocycles. The molecule has 0 N–H and O–H groups in total. The van der Waals surface area contributed by atoms with Crippen LogP contribution in [0.1, 0.15) is 37.3 Å². The van der Waals surface area contributed by atoms with Crippen LogP contribution in [-0.2, 0) is 12.8 Å². The van der Waals surface area contributed by atoms with Crippen molar-refractivity contribution in [1.29, 1.82) is 0 Å². The summed E-state index contributed by atoms with van der Waals surface area (Å²) in [5.74, 6) is 1.76. The number of rotatable bonds is 4. The van der Waals surface area contributed by atoms with Gasteiger partial charge in [-0.3, -0.25) is 4.90 Å². The van der Waals surface area contributed by atoms with Crippen molar-refractivity contribution in [2.75, 3.05) is 20.8 Å². The smallest absolute Gasteiger partial charge is 0.126 e. The van der Waals surface area contributed by atoms with Crippen molar-refractivity contribution in [3.05, 3.63) is 47.5 Å². The second-order valence-electron chi connectivity index (χ2n) is 7.68. The molecule has 3 nitrogen and oxygen atoms in total. The maximum Gasteiger partial charge on any atom is 0.126 e. The van der Waals surface area contributed by atoms with Crippen molar-refractivity contribution < 1.29 is 9.47 Å². The highest BCUT2D eigenvalue weighted by Gasteiger charge is 2.30. The highest BCUT2D eigenvalue weighted by atomic mass is 16.5. The highest BCUT2D eigenvalue weighted by Crippen LogP contribution is 2.36. The van der Waals surface area contributed by atoms with Gasteiger partial charge < -0.3 is 9.47 Å². The molecule has 0 spiro atoms. The molecule has 0 radical (unpaired) electrons. The van der Waals surface area contributed by atoms with Crippen molar-refractivity contribution in [2.45, 2.75) is 51.1 Å². The zero-order valence-corrected chi connectivity index (χ0v) is 16.1. The van der Waals surface area contributed by atoms with Gasteiger partial charge in [0.2, 0.25) is 0 Å². The first kappa shape index (κ1) is 17.4. The van der Waals surface area contributed by atoms with E-state index in [0.29, 0.717) is 0 Å². The fraction of sp³-hybridized carbons (Fsp3) is 0.478. The van der Waals surface area contributed by atoms with E-state index >= 15 is 0 Å².